The largest absolute Gasteiger partial charge is 0.308 e. The molecule has 1 aliphatic heterocycles. The molecule has 0 fully saturated rings. The topological polar surface area (TPSA) is 57.7 Å². The lowest BCUT2D eigenvalue weighted by molar-refractivity contribution is -0.119. The SMILES string of the molecule is CCC(C)N(CC(=O)N1c2ccccc2CC1C)S(C)(=O)=O. The molecule has 122 valence electrons. The Hall–Kier alpha value is -1.40. The van der Waals surface area contributed by atoms with Gasteiger partial charge in [-0.15, -0.1) is 0 Å². The van der Waals surface area contributed by atoms with Crippen molar-refractivity contribution in [1.29, 1.82) is 0 Å². The molecule has 1 aromatic rings. The second-order valence-corrected chi connectivity index (χ2v) is 7.95. The van der Waals surface area contributed by atoms with E-state index in [1.165, 1.54) is 4.31 Å². The normalized spacial score (nSPS) is 19.3. The van der Waals surface area contributed by atoms with Crippen molar-refractivity contribution in [2.24, 2.45) is 0 Å². The maximum absolute atomic E-state index is 12.7. The fourth-order valence-electron chi connectivity index (χ4n) is 2.96. The quantitative estimate of drug-likeness (QED) is 0.832. The average molecular weight is 324 g/mol. The number of fused-ring (bicyclic) bond motifs is 1. The second-order valence-electron chi connectivity index (χ2n) is 6.01. The molecule has 0 aliphatic carbocycles. The molecular formula is C16H24N2O3S. The van der Waals surface area contributed by atoms with Gasteiger partial charge in [0.05, 0.1) is 12.8 Å². The number of hydrogen-bond acceptors (Lipinski definition) is 3. The predicted molar refractivity (Wildman–Crippen MR) is 88.4 cm³/mol. The maximum atomic E-state index is 12.7. The zero-order chi connectivity index (χ0) is 16.5. The molecule has 5 nitrogen and oxygen atoms in total. The summed E-state index contributed by atoms with van der Waals surface area (Å²) >= 11 is 0. The van der Waals surface area contributed by atoms with Crippen molar-refractivity contribution in [3.8, 4) is 0 Å². The Kier molecular flexibility index (Phi) is 4.92. The van der Waals surface area contributed by atoms with Crippen molar-refractivity contribution >= 4 is 21.6 Å². The van der Waals surface area contributed by atoms with Crippen LogP contribution in [0.4, 0.5) is 5.69 Å². The molecule has 0 saturated carbocycles. The van der Waals surface area contributed by atoms with Crippen LogP contribution in [0.5, 0.6) is 0 Å². The fraction of sp³-hybridized carbons (Fsp3) is 0.562. The maximum Gasteiger partial charge on any atom is 0.242 e. The molecule has 0 aromatic heterocycles. The number of anilines is 1. The summed E-state index contributed by atoms with van der Waals surface area (Å²) in [4.78, 5) is 14.4. The van der Waals surface area contributed by atoms with E-state index in [0.29, 0.717) is 6.42 Å². The first kappa shape index (κ1) is 17.0. The Bertz CT molecular complexity index is 657. The molecule has 1 aliphatic rings. The molecule has 22 heavy (non-hydrogen) atoms. The minimum Gasteiger partial charge on any atom is -0.308 e. The molecular weight excluding hydrogens is 300 g/mol. The molecule has 1 amide bonds. The first-order valence-electron chi connectivity index (χ1n) is 7.62. The summed E-state index contributed by atoms with van der Waals surface area (Å²) in [5, 5.41) is 0. The molecule has 1 heterocycles. The number of carbonyl (C=O) groups excluding carboxylic acids is 1. The third kappa shape index (κ3) is 3.33. The lowest BCUT2D eigenvalue weighted by Gasteiger charge is -2.29. The zero-order valence-corrected chi connectivity index (χ0v) is 14.4. The predicted octanol–water partition coefficient (Wildman–Crippen LogP) is 2.02. The zero-order valence-electron chi connectivity index (χ0n) is 13.6. The number of sulfonamides is 1. The van der Waals surface area contributed by atoms with Crippen LogP contribution in [0.3, 0.4) is 0 Å². The summed E-state index contributed by atoms with van der Waals surface area (Å²) in [6.45, 7) is 5.63. The first-order chi connectivity index (χ1) is 10.3. The van der Waals surface area contributed by atoms with Gasteiger partial charge in [0.25, 0.3) is 0 Å². The van der Waals surface area contributed by atoms with E-state index in [1.807, 2.05) is 45.0 Å². The highest BCUT2D eigenvalue weighted by Gasteiger charge is 2.33. The highest BCUT2D eigenvalue weighted by Crippen LogP contribution is 2.32. The van der Waals surface area contributed by atoms with Gasteiger partial charge in [-0.25, -0.2) is 8.42 Å². The van der Waals surface area contributed by atoms with Crippen molar-refractivity contribution < 1.29 is 13.2 Å². The molecule has 0 saturated heterocycles. The van der Waals surface area contributed by atoms with Gasteiger partial charge in [0.1, 0.15) is 0 Å². The number of benzene rings is 1. The van der Waals surface area contributed by atoms with E-state index in [0.717, 1.165) is 23.9 Å². The van der Waals surface area contributed by atoms with Crippen molar-refractivity contribution in [3.63, 3.8) is 0 Å². The van der Waals surface area contributed by atoms with Crippen LogP contribution in [0.15, 0.2) is 24.3 Å². The van der Waals surface area contributed by atoms with E-state index in [9.17, 15) is 13.2 Å². The number of amides is 1. The van der Waals surface area contributed by atoms with Crippen LogP contribution >= 0.6 is 0 Å². The second kappa shape index (κ2) is 6.38. The minimum atomic E-state index is -3.41. The number of hydrogen-bond donors (Lipinski definition) is 0. The highest BCUT2D eigenvalue weighted by atomic mass is 32.2. The summed E-state index contributed by atoms with van der Waals surface area (Å²) in [7, 11) is -3.41. The van der Waals surface area contributed by atoms with Crippen LogP contribution < -0.4 is 4.90 Å². The molecule has 1 aromatic carbocycles. The Morgan fingerprint density at radius 2 is 2.05 bits per heavy atom. The van der Waals surface area contributed by atoms with Gasteiger partial charge in [-0.1, -0.05) is 25.1 Å². The van der Waals surface area contributed by atoms with Crippen molar-refractivity contribution in [3.05, 3.63) is 29.8 Å². The van der Waals surface area contributed by atoms with E-state index in [4.69, 9.17) is 0 Å². The van der Waals surface area contributed by atoms with Crippen molar-refractivity contribution in [1.82, 2.24) is 4.31 Å². The van der Waals surface area contributed by atoms with E-state index in [2.05, 4.69) is 0 Å². The van der Waals surface area contributed by atoms with Crippen LogP contribution in [0.1, 0.15) is 32.8 Å². The first-order valence-corrected chi connectivity index (χ1v) is 9.47. The molecule has 0 N–H and O–H groups in total. The van der Waals surface area contributed by atoms with Crippen LogP contribution in [0.2, 0.25) is 0 Å². The summed E-state index contributed by atoms with van der Waals surface area (Å²) in [6, 6.07) is 7.67. The molecule has 2 rings (SSSR count). The lowest BCUT2D eigenvalue weighted by atomic mass is 10.1. The molecule has 0 spiro atoms. The van der Waals surface area contributed by atoms with Gasteiger partial charge in [-0.05, 0) is 38.3 Å². The summed E-state index contributed by atoms with van der Waals surface area (Å²) < 4.78 is 25.2. The average Bonchev–Trinajstić information content (AvgIpc) is 2.78. The van der Waals surface area contributed by atoms with Gasteiger partial charge in [-0.2, -0.15) is 4.31 Å². The van der Waals surface area contributed by atoms with Gasteiger partial charge in [0.15, 0.2) is 0 Å². The molecule has 0 bridgehead atoms. The summed E-state index contributed by atoms with van der Waals surface area (Å²) in [5.74, 6) is -0.164. The molecule has 0 radical (unpaired) electrons. The monoisotopic (exact) mass is 324 g/mol. The highest BCUT2D eigenvalue weighted by molar-refractivity contribution is 7.88. The van der Waals surface area contributed by atoms with Crippen LogP contribution in [0.25, 0.3) is 0 Å². The number of para-hydroxylation sites is 1. The smallest absolute Gasteiger partial charge is 0.242 e. The third-order valence-electron chi connectivity index (χ3n) is 4.28. The van der Waals surface area contributed by atoms with Crippen molar-refractivity contribution in [2.75, 3.05) is 17.7 Å². The lowest BCUT2D eigenvalue weighted by Crippen LogP contribution is -2.47. The minimum absolute atomic E-state index is 0.0586. The van der Waals surface area contributed by atoms with E-state index in [1.54, 1.807) is 4.90 Å². The molecule has 2 unspecified atom stereocenters. The number of carbonyl (C=O) groups is 1. The Morgan fingerprint density at radius 1 is 1.41 bits per heavy atom. The Morgan fingerprint density at radius 3 is 2.64 bits per heavy atom. The van der Waals surface area contributed by atoms with Gasteiger partial charge in [0, 0.05) is 17.8 Å². The Labute approximate surface area is 133 Å². The standard InChI is InChI=1S/C16H24N2O3S/c1-5-12(2)17(22(4,20)21)11-16(19)18-13(3)10-14-8-6-7-9-15(14)18/h6-9,12-13H,5,10-11H2,1-4H3. The third-order valence-corrected chi connectivity index (χ3v) is 5.62. The summed E-state index contributed by atoms with van der Waals surface area (Å²) in [5.41, 5.74) is 2.04. The van der Waals surface area contributed by atoms with Crippen LogP contribution in [0, 0.1) is 0 Å². The van der Waals surface area contributed by atoms with Gasteiger partial charge in [-0.3, -0.25) is 4.79 Å². The Balaban J connectivity index is 2.25. The molecule has 2 atom stereocenters. The number of nitrogens with zero attached hydrogens (tertiary/aromatic N) is 2. The fourth-order valence-corrected chi connectivity index (χ4v) is 4.11. The number of rotatable bonds is 5. The van der Waals surface area contributed by atoms with E-state index >= 15 is 0 Å². The van der Waals surface area contributed by atoms with Gasteiger partial charge >= 0.3 is 0 Å². The van der Waals surface area contributed by atoms with Crippen LogP contribution in [-0.4, -0.2) is 43.5 Å². The summed E-state index contributed by atoms with van der Waals surface area (Å²) in [6.07, 6.45) is 2.64. The molecule has 6 heteroatoms. The van der Waals surface area contributed by atoms with Crippen LogP contribution in [-0.2, 0) is 21.2 Å². The van der Waals surface area contributed by atoms with Gasteiger partial charge < -0.3 is 4.90 Å². The van der Waals surface area contributed by atoms with Gasteiger partial charge in [0.2, 0.25) is 15.9 Å². The van der Waals surface area contributed by atoms with Crippen molar-refractivity contribution in [2.45, 2.75) is 45.7 Å². The van der Waals surface area contributed by atoms with E-state index < -0.39 is 10.0 Å². The van der Waals surface area contributed by atoms with E-state index in [-0.39, 0.29) is 24.5 Å².